The maximum Gasteiger partial charge on any atom is 0.203 e. The van der Waals surface area contributed by atoms with Gasteiger partial charge in [-0.25, -0.2) is 8.78 Å². The van der Waals surface area contributed by atoms with Gasteiger partial charge in [0, 0.05) is 10.6 Å². The molecular formula is C15H10BrClF2O2. The highest BCUT2D eigenvalue weighted by Gasteiger charge is 2.19. The van der Waals surface area contributed by atoms with E-state index in [-0.39, 0.29) is 5.56 Å². The third-order valence-corrected chi connectivity index (χ3v) is 3.63. The van der Waals surface area contributed by atoms with E-state index in [0.717, 1.165) is 12.1 Å². The van der Waals surface area contributed by atoms with E-state index in [2.05, 4.69) is 15.9 Å². The van der Waals surface area contributed by atoms with Gasteiger partial charge in [-0.05, 0) is 59.3 Å². The molecule has 0 heterocycles. The largest absolute Gasteiger partial charge is 0.481 e. The fourth-order valence-electron chi connectivity index (χ4n) is 1.70. The smallest absolute Gasteiger partial charge is 0.203 e. The van der Waals surface area contributed by atoms with Gasteiger partial charge in [0.1, 0.15) is 5.75 Å². The van der Waals surface area contributed by atoms with E-state index >= 15 is 0 Å². The number of hydrogen-bond acceptors (Lipinski definition) is 2. The number of ketones is 1. The number of hydrogen-bond donors (Lipinski definition) is 0. The Labute approximate surface area is 133 Å². The highest BCUT2D eigenvalue weighted by atomic mass is 79.9. The van der Waals surface area contributed by atoms with Crippen LogP contribution in [0.4, 0.5) is 8.78 Å². The number of Topliss-reactive ketones (excluding diaryl/α,β-unsaturated/α-hetero) is 1. The van der Waals surface area contributed by atoms with Gasteiger partial charge in [-0.3, -0.25) is 4.79 Å². The van der Waals surface area contributed by atoms with Gasteiger partial charge in [-0.2, -0.15) is 0 Å². The Morgan fingerprint density at radius 3 is 2.52 bits per heavy atom. The van der Waals surface area contributed by atoms with Crippen LogP contribution in [-0.2, 0) is 0 Å². The first-order valence-corrected chi connectivity index (χ1v) is 7.16. The molecule has 0 aromatic heterocycles. The number of carbonyl (C=O) groups excluding carboxylic acids is 1. The van der Waals surface area contributed by atoms with Crippen molar-refractivity contribution in [3.63, 3.8) is 0 Å². The van der Waals surface area contributed by atoms with Crippen LogP contribution in [0, 0.1) is 11.6 Å². The predicted octanol–water partition coefficient (Wildman–Crippen LogP) is 5.03. The van der Waals surface area contributed by atoms with Crippen molar-refractivity contribution in [2.24, 2.45) is 0 Å². The Hall–Kier alpha value is -1.46. The molecule has 0 saturated heterocycles. The lowest BCUT2D eigenvalue weighted by Gasteiger charge is -2.15. The van der Waals surface area contributed by atoms with E-state index in [1.165, 1.54) is 13.0 Å². The zero-order valence-corrected chi connectivity index (χ0v) is 13.2. The first-order valence-electron chi connectivity index (χ1n) is 5.99. The maximum atomic E-state index is 13.1. The normalized spacial score (nSPS) is 12.0. The molecule has 110 valence electrons. The zero-order valence-electron chi connectivity index (χ0n) is 10.9. The minimum absolute atomic E-state index is 0.0477. The van der Waals surface area contributed by atoms with Crippen LogP contribution in [-0.4, -0.2) is 11.9 Å². The van der Waals surface area contributed by atoms with Gasteiger partial charge in [0.25, 0.3) is 0 Å². The van der Waals surface area contributed by atoms with E-state index in [0.29, 0.717) is 15.2 Å². The molecule has 0 aliphatic rings. The molecule has 6 heteroatoms. The molecule has 2 aromatic rings. The SMILES string of the molecule is CC(Oc1ccc(Cl)cc1Br)C(=O)c1ccc(F)c(F)c1. The van der Waals surface area contributed by atoms with Crippen molar-refractivity contribution in [1.29, 1.82) is 0 Å². The molecule has 0 amide bonds. The van der Waals surface area contributed by atoms with Crippen LogP contribution < -0.4 is 4.74 Å². The van der Waals surface area contributed by atoms with Crippen LogP contribution >= 0.6 is 27.5 Å². The molecule has 0 fully saturated rings. The van der Waals surface area contributed by atoms with Gasteiger partial charge in [-0.1, -0.05) is 11.6 Å². The molecule has 0 aliphatic heterocycles. The molecule has 1 atom stereocenters. The summed E-state index contributed by atoms with van der Waals surface area (Å²) >= 11 is 9.09. The average molecular weight is 376 g/mol. The summed E-state index contributed by atoms with van der Waals surface area (Å²) < 4.78 is 32.1. The molecule has 2 nitrogen and oxygen atoms in total. The van der Waals surface area contributed by atoms with Gasteiger partial charge in [0.2, 0.25) is 5.78 Å². The number of carbonyl (C=O) groups is 1. The molecule has 0 bridgehead atoms. The van der Waals surface area contributed by atoms with Crippen molar-refractivity contribution < 1.29 is 18.3 Å². The Balaban J connectivity index is 2.17. The van der Waals surface area contributed by atoms with Crippen molar-refractivity contribution in [2.45, 2.75) is 13.0 Å². The monoisotopic (exact) mass is 374 g/mol. The Morgan fingerprint density at radius 2 is 1.90 bits per heavy atom. The highest BCUT2D eigenvalue weighted by molar-refractivity contribution is 9.10. The second-order valence-corrected chi connectivity index (χ2v) is 5.62. The molecule has 0 saturated carbocycles. The van der Waals surface area contributed by atoms with Crippen LogP contribution in [0.25, 0.3) is 0 Å². The molecule has 0 aliphatic carbocycles. The number of rotatable bonds is 4. The fraction of sp³-hybridized carbons (Fsp3) is 0.133. The van der Waals surface area contributed by atoms with Crippen LogP contribution in [0.15, 0.2) is 40.9 Å². The van der Waals surface area contributed by atoms with E-state index < -0.39 is 23.5 Å². The van der Waals surface area contributed by atoms with Gasteiger partial charge in [0.05, 0.1) is 4.47 Å². The summed E-state index contributed by atoms with van der Waals surface area (Å²) in [5, 5.41) is 0.522. The molecule has 0 radical (unpaired) electrons. The van der Waals surface area contributed by atoms with Crippen LogP contribution in [0.5, 0.6) is 5.75 Å². The maximum absolute atomic E-state index is 13.1. The summed E-state index contributed by atoms with van der Waals surface area (Å²) in [6, 6.07) is 7.85. The standard InChI is InChI=1S/C15H10BrClF2O2/c1-8(21-14-5-3-10(17)7-11(14)16)15(20)9-2-4-12(18)13(19)6-9/h2-8H,1H3. The molecule has 0 N–H and O–H groups in total. The van der Waals surface area contributed by atoms with Crippen LogP contribution in [0.1, 0.15) is 17.3 Å². The van der Waals surface area contributed by atoms with Gasteiger partial charge >= 0.3 is 0 Å². The van der Waals surface area contributed by atoms with E-state index in [1.54, 1.807) is 18.2 Å². The molecule has 21 heavy (non-hydrogen) atoms. The first kappa shape index (κ1) is 15.9. The van der Waals surface area contributed by atoms with E-state index in [1.807, 2.05) is 0 Å². The second-order valence-electron chi connectivity index (χ2n) is 4.33. The summed E-state index contributed by atoms with van der Waals surface area (Å²) in [6.45, 7) is 1.53. The van der Waals surface area contributed by atoms with Crippen molar-refractivity contribution in [3.05, 3.63) is 63.1 Å². The molecular weight excluding hydrogens is 366 g/mol. The van der Waals surface area contributed by atoms with Gasteiger partial charge in [-0.15, -0.1) is 0 Å². The molecule has 1 unspecified atom stereocenters. The number of ether oxygens (including phenoxy) is 1. The average Bonchev–Trinajstić information content (AvgIpc) is 2.44. The van der Waals surface area contributed by atoms with Crippen molar-refractivity contribution >= 4 is 33.3 Å². The third-order valence-electron chi connectivity index (χ3n) is 2.77. The third kappa shape index (κ3) is 3.80. The Kier molecular flexibility index (Phi) is 4.96. The summed E-state index contributed by atoms with van der Waals surface area (Å²) in [7, 11) is 0. The summed E-state index contributed by atoms with van der Waals surface area (Å²) in [5.74, 6) is -2.08. The lowest BCUT2D eigenvalue weighted by molar-refractivity contribution is 0.0816. The lowest BCUT2D eigenvalue weighted by Crippen LogP contribution is -2.24. The predicted molar refractivity (Wildman–Crippen MR) is 79.9 cm³/mol. The molecule has 2 aromatic carbocycles. The highest BCUT2D eigenvalue weighted by Crippen LogP contribution is 2.29. The lowest BCUT2D eigenvalue weighted by atomic mass is 10.1. The fourth-order valence-corrected chi connectivity index (χ4v) is 2.48. The minimum atomic E-state index is -1.07. The van der Waals surface area contributed by atoms with Crippen molar-refractivity contribution in [1.82, 2.24) is 0 Å². The van der Waals surface area contributed by atoms with Gasteiger partial charge in [0.15, 0.2) is 17.7 Å². The zero-order chi connectivity index (χ0) is 15.6. The summed E-state index contributed by atoms with van der Waals surface area (Å²) in [6.07, 6.45) is -0.854. The second kappa shape index (κ2) is 6.54. The minimum Gasteiger partial charge on any atom is -0.481 e. The first-order chi connectivity index (χ1) is 9.88. The van der Waals surface area contributed by atoms with E-state index in [4.69, 9.17) is 16.3 Å². The van der Waals surface area contributed by atoms with Crippen LogP contribution in [0.2, 0.25) is 5.02 Å². The number of benzene rings is 2. The molecule has 2 rings (SSSR count). The van der Waals surface area contributed by atoms with Crippen molar-refractivity contribution in [2.75, 3.05) is 0 Å². The number of halogens is 4. The van der Waals surface area contributed by atoms with E-state index in [9.17, 15) is 13.6 Å². The van der Waals surface area contributed by atoms with Crippen LogP contribution in [0.3, 0.4) is 0 Å². The topological polar surface area (TPSA) is 26.3 Å². The summed E-state index contributed by atoms with van der Waals surface area (Å²) in [4.78, 5) is 12.1. The van der Waals surface area contributed by atoms with Crippen molar-refractivity contribution in [3.8, 4) is 5.75 Å². The van der Waals surface area contributed by atoms with Gasteiger partial charge < -0.3 is 4.74 Å². The Morgan fingerprint density at radius 1 is 1.19 bits per heavy atom. The molecule has 0 spiro atoms. The Bertz CT molecular complexity index is 691. The quantitative estimate of drug-likeness (QED) is 0.701. The summed E-state index contributed by atoms with van der Waals surface area (Å²) in [5.41, 5.74) is 0.0477.